The van der Waals surface area contributed by atoms with Gasteiger partial charge in [0, 0.05) is 57.0 Å². The SMILES string of the molecule is CCC1C=CC2C(C1)C1C=CC(=O)C3(Cc4ccc(O)c(OC)c4)CCCC3CC#CNC(=NC)Nc3cc(cc(OC4(CNC)CCC(CC(O)OC)C4)c3O)C13CCCC3C2CCCO. The number of hydrogen-bond acceptors (Lipinski definition) is 10. The van der Waals surface area contributed by atoms with Crippen molar-refractivity contribution in [1.29, 1.82) is 0 Å². The smallest absolute Gasteiger partial charge is 0.207 e. The van der Waals surface area contributed by atoms with Gasteiger partial charge in [-0.3, -0.25) is 15.1 Å². The Labute approximate surface area is 398 Å². The van der Waals surface area contributed by atoms with E-state index >= 15 is 4.79 Å². The summed E-state index contributed by atoms with van der Waals surface area (Å²) < 4.78 is 18.0. The van der Waals surface area contributed by atoms with E-state index in [0.29, 0.717) is 73.1 Å². The minimum absolute atomic E-state index is 0.00627. The molecule has 2 aromatic carbocycles. The Kier molecular flexibility index (Phi) is 15.3. The number of anilines is 1. The molecule has 4 saturated carbocycles. The van der Waals surface area contributed by atoms with Crippen LogP contribution in [0.1, 0.15) is 114 Å². The largest absolute Gasteiger partial charge is 0.504 e. The number of aromatic hydroxyl groups is 2. The zero-order chi connectivity index (χ0) is 47.3. The highest BCUT2D eigenvalue weighted by Gasteiger charge is 2.61. The number of carbonyl (C=O) groups is 1. The van der Waals surface area contributed by atoms with Crippen LogP contribution in [0, 0.1) is 64.7 Å². The zero-order valence-corrected chi connectivity index (χ0v) is 40.5. The van der Waals surface area contributed by atoms with Gasteiger partial charge >= 0.3 is 0 Å². The van der Waals surface area contributed by atoms with E-state index in [4.69, 9.17) is 14.2 Å². The van der Waals surface area contributed by atoms with Gasteiger partial charge in [0.2, 0.25) is 5.96 Å². The number of hydrogen-bond donors (Lipinski definition) is 7. The first kappa shape index (κ1) is 48.9. The van der Waals surface area contributed by atoms with Crippen LogP contribution in [0.15, 0.2) is 59.6 Å². The number of guanidine groups is 1. The Hall–Kier alpha value is -4.54. The van der Waals surface area contributed by atoms with Gasteiger partial charge in [-0.05, 0) is 173 Å². The number of aliphatic hydroxyl groups is 2. The summed E-state index contributed by atoms with van der Waals surface area (Å²) in [4.78, 5) is 20.1. The first-order chi connectivity index (χ1) is 32.5. The number of aliphatic hydroxyl groups excluding tert-OH is 2. The molecule has 12 nitrogen and oxygen atoms in total. The minimum Gasteiger partial charge on any atom is -0.504 e. The van der Waals surface area contributed by atoms with E-state index in [9.17, 15) is 20.4 Å². The molecule has 8 rings (SSSR count). The van der Waals surface area contributed by atoms with Crippen LogP contribution < -0.4 is 25.4 Å². The molecule has 364 valence electrons. The van der Waals surface area contributed by atoms with Crippen LogP contribution in [0.25, 0.3) is 0 Å². The van der Waals surface area contributed by atoms with Gasteiger partial charge in [-0.1, -0.05) is 50.0 Å². The summed E-state index contributed by atoms with van der Waals surface area (Å²) in [7, 11) is 6.69. The molecule has 1 aliphatic heterocycles. The number of fused-ring (bicyclic) bond motifs is 5. The molecule has 12 heteroatoms. The maximum Gasteiger partial charge on any atom is 0.207 e. The van der Waals surface area contributed by atoms with Gasteiger partial charge in [0.25, 0.3) is 0 Å². The van der Waals surface area contributed by atoms with Gasteiger partial charge < -0.3 is 45.3 Å². The van der Waals surface area contributed by atoms with Crippen molar-refractivity contribution in [2.45, 2.75) is 127 Å². The van der Waals surface area contributed by atoms with Crippen molar-refractivity contribution >= 4 is 17.4 Å². The average molecular weight is 921 g/mol. The van der Waals surface area contributed by atoms with Crippen LogP contribution >= 0.6 is 0 Å². The number of phenolic OH excluding ortho intramolecular Hbond substituents is 2. The number of aliphatic imine (C=N–C) groups is 1. The van der Waals surface area contributed by atoms with Crippen molar-refractivity contribution in [1.82, 2.24) is 10.6 Å². The Morgan fingerprint density at radius 1 is 1.03 bits per heavy atom. The van der Waals surface area contributed by atoms with Crippen molar-refractivity contribution in [3.8, 4) is 35.0 Å². The molecule has 0 saturated heterocycles. The molecule has 0 amide bonds. The summed E-state index contributed by atoms with van der Waals surface area (Å²) in [5.41, 5.74) is 0.692. The van der Waals surface area contributed by atoms with E-state index in [1.54, 1.807) is 20.2 Å². The molecule has 7 N–H and O–H groups in total. The number of nitrogens with one attached hydrogen (secondary N) is 3. The first-order valence-corrected chi connectivity index (χ1v) is 25.2. The topological polar surface area (TPSA) is 174 Å². The maximum atomic E-state index is 15.6. The molecular formula is C55H76N4O8. The lowest BCUT2D eigenvalue weighted by Gasteiger charge is -2.58. The van der Waals surface area contributed by atoms with Crippen LogP contribution in [0.5, 0.6) is 23.0 Å². The number of rotatable bonds is 14. The highest BCUT2D eigenvalue weighted by atomic mass is 16.6. The lowest BCUT2D eigenvalue weighted by molar-refractivity contribution is -0.125. The molecule has 67 heavy (non-hydrogen) atoms. The molecule has 12 unspecified atom stereocenters. The third-order valence-electron chi connectivity index (χ3n) is 17.4. The van der Waals surface area contributed by atoms with Crippen LogP contribution in [0.2, 0.25) is 0 Å². The standard InChI is InChI=1S/C55H76N4O8/c1-6-35-15-17-40-41(13-10-26-60)43-14-8-23-55(43)39-30-45(51(64)48(31-39)67-53(34-56-2)24-21-37(32-53)29-50(63)66-5)59-52(57-3)58-25-9-12-38-11-7-22-54(38,49(62)20-18-44(55)42(40)27-35)33-36-16-19-46(61)47(28-36)65-4/h15-20,28,30-31,35,37-38,40-44,50,56,60-61,63-64H,6-8,10-14,21-24,26-27,29,32-34H2,1-5H3,(H2,57,58,59). The summed E-state index contributed by atoms with van der Waals surface area (Å²) >= 11 is 0. The van der Waals surface area contributed by atoms with Crippen molar-refractivity contribution in [2.75, 3.05) is 46.8 Å². The number of ketones is 1. The number of carbonyl (C=O) groups excluding carboxylic acids is 1. The predicted octanol–water partition coefficient (Wildman–Crippen LogP) is 8.38. The number of methoxy groups -OCH3 is 2. The summed E-state index contributed by atoms with van der Waals surface area (Å²) in [5.74, 6) is 6.34. The molecule has 0 radical (unpaired) electrons. The monoisotopic (exact) mass is 921 g/mol. The first-order valence-electron chi connectivity index (χ1n) is 25.2. The number of likely N-dealkylation sites (N-methyl/N-ethyl adjacent to an activating group) is 1. The van der Waals surface area contributed by atoms with Gasteiger partial charge in [-0.2, -0.15) is 0 Å². The number of allylic oxidation sites excluding steroid dienone is 4. The van der Waals surface area contributed by atoms with Crippen molar-refractivity contribution in [3.05, 3.63) is 65.8 Å². The molecule has 5 aliphatic carbocycles. The lowest BCUT2D eigenvalue weighted by Crippen LogP contribution is -2.54. The summed E-state index contributed by atoms with van der Waals surface area (Å²) in [6.45, 7) is 2.96. The molecule has 4 fully saturated rings. The average Bonchev–Trinajstić information content (AvgIpc) is 4.07. The molecular weight excluding hydrogens is 845 g/mol. The van der Waals surface area contributed by atoms with Crippen LogP contribution in [0.3, 0.4) is 0 Å². The van der Waals surface area contributed by atoms with Gasteiger partial charge in [-0.15, -0.1) is 0 Å². The highest BCUT2D eigenvalue weighted by molar-refractivity contribution is 5.97. The Morgan fingerprint density at radius 2 is 1.87 bits per heavy atom. The van der Waals surface area contributed by atoms with Crippen LogP contribution in [0.4, 0.5) is 5.69 Å². The van der Waals surface area contributed by atoms with Crippen molar-refractivity contribution in [3.63, 3.8) is 0 Å². The van der Waals surface area contributed by atoms with Crippen molar-refractivity contribution < 1.29 is 39.4 Å². The van der Waals surface area contributed by atoms with Crippen LogP contribution in [-0.2, 0) is 21.4 Å². The highest BCUT2D eigenvalue weighted by Crippen LogP contribution is 2.66. The number of benzene rings is 2. The predicted molar refractivity (Wildman–Crippen MR) is 262 cm³/mol. The van der Waals surface area contributed by atoms with E-state index in [-0.39, 0.29) is 53.5 Å². The maximum absolute atomic E-state index is 15.6. The second-order valence-electron chi connectivity index (χ2n) is 20.8. The molecule has 2 bridgehead atoms. The van der Waals surface area contributed by atoms with Crippen LogP contribution in [-0.4, -0.2) is 85.5 Å². The fraction of sp³-hybridized carbons (Fsp3) is 0.636. The summed E-state index contributed by atoms with van der Waals surface area (Å²) in [5, 5.41) is 53.8. The number of ether oxygens (including phenoxy) is 3. The summed E-state index contributed by atoms with van der Waals surface area (Å²) in [6.07, 6.45) is 21.3. The molecule has 0 aromatic heterocycles. The molecule has 1 heterocycles. The Morgan fingerprint density at radius 3 is 2.63 bits per heavy atom. The van der Waals surface area contributed by atoms with Gasteiger partial charge in [0.1, 0.15) is 5.60 Å². The molecule has 12 atom stereocenters. The van der Waals surface area contributed by atoms with E-state index < -0.39 is 22.7 Å². The minimum atomic E-state index is -0.859. The molecule has 2 aromatic rings. The van der Waals surface area contributed by atoms with E-state index in [2.05, 4.69) is 70.2 Å². The third kappa shape index (κ3) is 9.60. The normalized spacial score (nSPS) is 34.5. The second-order valence-corrected chi connectivity index (χ2v) is 20.8. The second kappa shape index (κ2) is 21.0. The lowest BCUT2D eigenvalue weighted by atomic mass is 9.46. The van der Waals surface area contributed by atoms with E-state index in [0.717, 1.165) is 88.2 Å². The molecule has 1 spiro atoms. The quantitative estimate of drug-likeness (QED) is 0.0420. The van der Waals surface area contributed by atoms with Gasteiger partial charge in [0.05, 0.1) is 12.8 Å². The fourth-order valence-electron chi connectivity index (χ4n) is 14.3. The zero-order valence-electron chi connectivity index (χ0n) is 40.5. The molecule has 6 aliphatic rings. The number of phenols is 2. The third-order valence-corrected chi connectivity index (χ3v) is 17.4. The number of nitrogens with zero attached hydrogens (tertiary/aromatic N) is 1. The Balaban J connectivity index is 1.32. The van der Waals surface area contributed by atoms with E-state index in [1.807, 2.05) is 25.3 Å². The fourth-order valence-corrected chi connectivity index (χ4v) is 14.3. The van der Waals surface area contributed by atoms with Gasteiger partial charge in [0.15, 0.2) is 35.1 Å². The summed E-state index contributed by atoms with van der Waals surface area (Å²) in [6, 6.07) is 12.8. The Bertz CT molecular complexity index is 2230. The van der Waals surface area contributed by atoms with Crippen molar-refractivity contribution in [2.24, 2.45) is 57.8 Å². The van der Waals surface area contributed by atoms with Gasteiger partial charge in [-0.25, -0.2) is 0 Å². The van der Waals surface area contributed by atoms with E-state index in [1.165, 1.54) is 7.11 Å².